The van der Waals surface area contributed by atoms with Gasteiger partial charge in [0.1, 0.15) is 6.04 Å². The van der Waals surface area contributed by atoms with E-state index in [1.807, 2.05) is 44.2 Å². The van der Waals surface area contributed by atoms with Gasteiger partial charge in [0.2, 0.25) is 0 Å². The minimum absolute atomic E-state index is 0.109. The predicted octanol–water partition coefficient (Wildman–Crippen LogP) is 3.38. The Kier molecular flexibility index (Phi) is 9.02. The van der Waals surface area contributed by atoms with Crippen LogP contribution in [0.25, 0.3) is 0 Å². The molecular weight excluding hydrogens is 404 g/mol. The fourth-order valence-electron chi connectivity index (χ4n) is 2.36. The number of carbonyl (C=O) groups is 2. The Morgan fingerprint density at radius 2 is 1.80 bits per heavy atom. The number of rotatable bonds is 10. The number of thioether (sulfide) groups is 1. The first-order valence-electron chi connectivity index (χ1n) is 9.37. The van der Waals surface area contributed by atoms with Gasteiger partial charge in [0, 0.05) is 35.4 Å². The molecule has 8 nitrogen and oxygen atoms in total. The average Bonchev–Trinajstić information content (AvgIpc) is 2.73. The van der Waals surface area contributed by atoms with Crippen LogP contribution in [0.4, 0.5) is 5.69 Å². The highest BCUT2D eigenvalue weighted by Crippen LogP contribution is 2.15. The fraction of sp³-hybridized carbons (Fsp3) is 0.286. The third-order valence-corrected chi connectivity index (χ3v) is 5.01. The third-order valence-electron chi connectivity index (χ3n) is 3.91. The molecule has 0 heterocycles. The van der Waals surface area contributed by atoms with Crippen LogP contribution >= 0.6 is 11.8 Å². The van der Waals surface area contributed by atoms with Crippen molar-refractivity contribution in [2.45, 2.75) is 25.6 Å². The molecule has 0 fully saturated rings. The molecule has 0 saturated carbocycles. The van der Waals surface area contributed by atoms with E-state index in [-0.39, 0.29) is 17.2 Å². The Labute approximate surface area is 179 Å². The lowest BCUT2D eigenvalue weighted by molar-refractivity contribution is -0.384. The van der Waals surface area contributed by atoms with Gasteiger partial charge in [-0.05, 0) is 23.6 Å². The number of nitro benzene ring substituents is 1. The van der Waals surface area contributed by atoms with Gasteiger partial charge in [-0.25, -0.2) is 5.43 Å². The van der Waals surface area contributed by atoms with Crippen molar-refractivity contribution in [3.05, 3.63) is 75.8 Å². The van der Waals surface area contributed by atoms with E-state index < -0.39 is 22.8 Å². The summed E-state index contributed by atoms with van der Waals surface area (Å²) in [6.07, 6.45) is 1.60. The summed E-state index contributed by atoms with van der Waals surface area (Å²) in [6.45, 7) is 3.86. The summed E-state index contributed by atoms with van der Waals surface area (Å²) in [5, 5.41) is 17.4. The van der Waals surface area contributed by atoms with Gasteiger partial charge < -0.3 is 5.32 Å². The molecule has 2 amide bonds. The van der Waals surface area contributed by atoms with Crippen molar-refractivity contribution in [1.29, 1.82) is 0 Å². The van der Waals surface area contributed by atoms with E-state index >= 15 is 0 Å². The molecule has 0 aromatic heterocycles. The van der Waals surface area contributed by atoms with Crippen molar-refractivity contribution in [2.75, 3.05) is 5.75 Å². The summed E-state index contributed by atoms with van der Waals surface area (Å²) >= 11 is 1.51. The second kappa shape index (κ2) is 11.7. The van der Waals surface area contributed by atoms with Crippen molar-refractivity contribution in [3.8, 4) is 0 Å². The van der Waals surface area contributed by atoms with E-state index in [1.54, 1.807) is 6.21 Å². The second-order valence-corrected chi connectivity index (χ2v) is 7.86. The summed E-state index contributed by atoms with van der Waals surface area (Å²) in [6, 6.07) is 14.2. The van der Waals surface area contributed by atoms with Gasteiger partial charge in [-0.2, -0.15) is 16.9 Å². The van der Waals surface area contributed by atoms with E-state index in [1.165, 1.54) is 36.0 Å². The van der Waals surface area contributed by atoms with Crippen molar-refractivity contribution in [1.82, 2.24) is 10.7 Å². The Balaban J connectivity index is 2.03. The minimum atomic E-state index is -0.814. The number of carbonyl (C=O) groups excluding carboxylic acids is 2. The molecule has 9 heteroatoms. The lowest BCUT2D eigenvalue weighted by atomic mass is 10.2. The van der Waals surface area contributed by atoms with E-state index in [0.717, 1.165) is 5.56 Å². The quantitative estimate of drug-likeness (QED) is 0.342. The number of nitrogens with one attached hydrogen (secondary N) is 2. The highest BCUT2D eigenvalue weighted by atomic mass is 32.2. The van der Waals surface area contributed by atoms with Crippen molar-refractivity contribution in [3.63, 3.8) is 0 Å². The largest absolute Gasteiger partial charge is 0.339 e. The highest BCUT2D eigenvalue weighted by molar-refractivity contribution is 7.98. The number of hydrazone groups is 1. The molecule has 0 aliphatic rings. The summed E-state index contributed by atoms with van der Waals surface area (Å²) < 4.78 is 0. The molecule has 2 aromatic rings. The number of non-ortho nitro benzene ring substituents is 1. The Hall–Kier alpha value is -3.20. The normalized spacial score (nSPS) is 12.0. The Morgan fingerprint density at radius 1 is 1.13 bits per heavy atom. The average molecular weight is 429 g/mol. The molecule has 1 atom stereocenters. The number of hydrogen-bond donors (Lipinski definition) is 2. The van der Waals surface area contributed by atoms with Gasteiger partial charge in [-0.15, -0.1) is 0 Å². The van der Waals surface area contributed by atoms with E-state index in [2.05, 4.69) is 15.8 Å². The maximum atomic E-state index is 12.5. The zero-order valence-corrected chi connectivity index (χ0v) is 17.6. The van der Waals surface area contributed by atoms with Gasteiger partial charge in [0.15, 0.2) is 0 Å². The van der Waals surface area contributed by atoms with Gasteiger partial charge in [0.05, 0.1) is 4.92 Å². The molecule has 158 valence electrons. The molecule has 0 aliphatic heterocycles. The lowest BCUT2D eigenvalue weighted by Crippen LogP contribution is -2.47. The van der Waals surface area contributed by atoms with E-state index in [4.69, 9.17) is 0 Å². The second-order valence-electron chi connectivity index (χ2n) is 6.83. The summed E-state index contributed by atoms with van der Waals surface area (Å²) in [5.74, 6) is 0.288. The monoisotopic (exact) mass is 428 g/mol. The predicted molar refractivity (Wildman–Crippen MR) is 118 cm³/mol. The Morgan fingerprint density at radius 3 is 2.40 bits per heavy atom. The molecule has 2 aromatic carbocycles. The lowest BCUT2D eigenvalue weighted by Gasteiger charge is -2.17. The molecule has 0 spiro atoms. The summed E-state index contributed by atoms with van der Waals surface area (Å²) in [5.41, 5.74) is 3.69. The molecule has 0 unspecified atom stereocenters. The molecule has 0 bridgehead atoms. The van der Waals surface area contributed by atoms with Crippen LogP contribution in [0.2, 0.25) is 0 Å². The van der Waals surface area contributed by atoms with Crippen LogP contribution in [-0.2, 0) is 10.5 Å². The molecule has 0 radical (unpaired) electrons. The molecular formula is C21H24N4O4S. The van der Waals surface area contributed by atoms with E-state index in [0.29, 0.717) is 11.5 Å². The SMILES string of the molecule is CC(C)/C=N\NC(=O)[C@H](CSCc1ccccc1)NC(=O)c1ccc([N+](=O)[O-])cc1. The number of nitro groups is 1. The van der Waals surface area contributed by atoms with Gasteiger partial charge in [-0.3, -0.25) is 19.7 Å². The Bertz CT molecular complexity index is 886. The maximum Gasteiger partial charge on any atom is 0.269 e. The van der Waals surface area contributed by atoms with Crippen LogP contribution in [0.1, 0.15) is 29.8 Å². The van der Waals surface area contributed by atoms with Crippen LogP contribution in [0.5, 0.6) is 0 Å². The fourth-order valence-corrected chi connectivity index (χ4v) is 3.37. The number of hydrogen-bond acceptors (Lipinski definition) is 6. The zero-order valence-electron chi connectivity index (χ0n) is 16.8. The molecule has 2 N–H and O–H groups in total. The van der Waals surface area contributed by atoms with Gasteiger partial charge in [-0.1, -0.05) is 44.2 Å². The van der Waals surface area contributed by atoms with Crippen LogP contribution in [0.15, 0.2) is 59.7 Å². The summed E-state index contributed by atoms with van der Waals surface area (Å²) in [7, 11) is 0. The number of amides is 2. The van der Waals surface area contributed by atoms with Crippen molar-refractivity contribution < 1.29 is 14.5 Å². The summed E-state index contributed by atoms with van der Waals surface area (Å²) in [4.78, 5) is 35.3. The highest BCUT2D eigenvalue weighted by Gasteiger charge is 2.22. The topological polar surface area (TPSA) is 114 Å². The van der Waals surface area contributed by atoms with Crippen LogP contribution in [0.3, 0.4) is 0 Å². The van der Waals surface area contributed by atoms with Gasteiger partial charge in [0.25, 0.3) is 17.5 Å². The van der Waals surface area contributed by atoms with Crippen molar-refractivity contribution >= 4 is 35.5 Å². The van der Waals surface area contributed by atoms with E-state index in [9.17, 15) is 19.7 Å². The van der Waals surface area contributed by atoms with Crippen LogP contribution in [-0.4, -0.2) is 34.7 Å². The third kappa shape index (κ3) is 7.67. The standard InChI is InChI=1S/C21H24N4O4S/c1-15(2)12-22-24-21(27)19(14-30-13-16-6-4-3-5-7-16)23-20(26)17-8-10-18(11-9-17)25(28)29/h3-12,15,19H,13-14H2,1-2H3,(H,23,26)(H,24,27)/b22-12-/t19-/m0/s1. The van der Waals surface area contributed by atoms with Gasteiger partial charge >= 0.3 is 0 Å². The minimum Gasteiger partial charge on any atom is -0.339 e. The van der Waals surface area contributed by atoms with Crippen LogP contribution < -0.4 is 10.7 Å². The van der Waals surface area contributed by atoms with Crippen LogP contribution in [0, 0.1) is 16.0 Å². The molecule has 0 saturated heterocycles. The number of nitrogens with zero attached hydrogens (tertiary/aromatic N) is 2. The number of benzene rings is 2. The first-order chi connectivity index (χ1) is 14.4. The molecule has 2 rings (SSSR count). The van der Waals surface area contributed by atoms with Crippen molar-refractivity contribution in [2.24, 2.45) is 11.0 Å². The molecule has 0 aliphatic carbocycles. The first-order valence-corrected chi connectivity index (χ1v) is 10.5. The maximum absolute atomic E-state index is 12.5. The first kappa shape index (κ1) is 23.1. The zero-order chi connectivity index (χ0) is 21.9. The molecule has 30 heavy (non-hydrogen) atoms. The smallest absolute Gasteiger partial charge is 0.269 e.